The summed E-state index contributed by atoms with van der Waals surface area (Å²) in [6.45, 7) is 0.334. The molecule has 1 aliphatic rings. The first-order valence-electron chi connectivity index (χ1n) is 7.60. The van der Waals surface area contributed by atoms with Crippen molar-refractivity contribution in [3.8, 4) is 0 Å². The van der Waals surface area contributed by atoms with Crippen molar-refractivity contribution in [1.29, 1.82) is 0 Å². The average molecular weight is 359 g/mol. The zero-order chi connectivity index (χ0) is 18.0. The lowest BCUT2D eigenvalue weighted by Crippen LogP contribution is -2.41. The molecule has 2 aromatic carbocycles. The molecule has 0 atom stereocenters. The van der Waals surface area contributed by atoms with E-state index in [2.05, 4.69) is 4.99 Å². The number of fused-ring (bicyclic) bond motifs is 1. The maximum Gasteiger partial charge on any atom is 0.266 e. The summed E-state index contributed by atoms with van der Waals surface area (Å²) in [5.74, 6) is -0.366. The van der Waals surface area contributed by atoms with Gasteiger partial charge in [-0.05, 0) is 23.8 Å². The largest absolute Gasteiger partial charge is 0.369 e. The molecular weight excluding hydrogens is 342 g/mol. The number of nitrogens with zero attached hydrogens (tertiary/aromatic N) is 2. The van der Waals surface area contributed by atoms with E-state index < -0.39 is 15.9 Å². The second kappa shape index (κ2) is 6.66. The SMILES string of the molecule is NC1=Nc2ccc(C(=O)c3ccccc3)cc2CN1CCS(=O)(=O)O. The third-order valence-corrected chi connectivity index (χ3v) is 4.62. The Morgan fingerprint density at radius 1 is 1.16 bits per heavy atom. The van der Waals surface area contributed by atoms with Gasteiger partial charge in [-0.2, -0.15) is 8.42 Å². The topological polar surface area (TPSA) is 113 Å². The van der Waals surface area contributed by atoms with Gasteiger partial charge in [0.2, 0.25) is 0 Å². The number of nitrogens with two attached hydrogens (primary N) is 1. The number of hydrogen-bond acceptors (Lipinski definition) is 6. The first-order chi connectivity index (χ1) is 11.8. The van der Waals surface area contributed by atoms with Gasteiger partial charge >= 0.3 is 0 Å². The van der Waals surface area contributed by atoms with E-state index in [1.54, 1.807) is 47.4 Å². The third kappa shape index (κ3) is 4.04. The Hall–Kier alpha value is -2.71. The molecule has 0 radical (unpaired) electrons. The van der Waals surface area contributed by atoms with Crippen molar-refractivity contribution in [2.75, 3.05) is 12.3 Å². The van der Waals surface area contributed by atoms with Crippen LogP contribution in [0.4, 0.5) is 5.69 Å². The Labute approximate surface area is 145 Å². The molecule has 0 aliphatic carbocycles. The average Bonchev–Trinajstić information content (AvgIpc) is 2.59. The fourth-order valence-electron chi connectivity index (χ4n) is 2.62. The quantitative estimate of drug-likeness (QED) is 0.619. The summed E-state index contributed by atoms with van der Waals surface area (Å²) >= 11 is 0. The highest BCUT2D eigenvalue weighted by Gasteiger charge is 2.21. The lowest BCUT2D eigenvalue weighted by Gasteiger charge is -2.27. The van der Waals surface area contributed by atoms with Crippen LogP contribution in [0.2, 0.25) is 0 Å². The van der Waals surface area contributed by atoms with E-state index in [0.29, 0.717) is 23.4 Å². The van der Waals surface area contributed by atoms with Crippen LogP contribution in [0.1, 0.15) is 21.5 Å². The van der Waals surface area contributed by atoms with Crippen molar-refractivity contribution in [3.05, 3.63) is 65.2 Å². The molecule has 1 aliphatic heterocycles. The number of ketones is 1. The minimum atomic E-state index is -4.09. The summed E-state index contributed by atoms with van der Waals surface area (Å²) in [5, 5.41) is 0. The molecule has 0 amide bonds. The minimum absolute atomic E-state index is 0.0183. The molecule has 0 fully saturated rings. The van der Waals surface area contributed by atoms with E-state index >= 15 is 0 Å². The maximum absolute atomic E-state index is 12.5. The molecule has 0 saturated carbocycles. The number of guanidine groups is 1. The summed E-state index contributed by atoms with van der Waals surface area (Å²) < 4.78 is 30.8. The van der Waals surface area contributed by atoms with Gasteiger partial charge in [-0.15, -0.1) is 0 Å². The molecular formula is C17H17N3O4S. The van der Waals surface area contributed by atoms with E-state index in [0.717, 1.165) is 5.56 Å². The fraction of sp³-hybridized carbons (Fsp3) is 0.176. The lowest BCUT2D eigenvalue weighted by atomic mass is 9.99. The highest BCUT2D eigenvalue weighted by Crippen LogP contribution is 2.27. The molecule has 2 aromatic rings. The molecule has 3 rings (SSSR count). The smallest absolute Gasteiger partial charge is 0.266 e. The van der Waals surface area contributed by atoms with Gasteiger partial charge in [0.1, 0.15) is 0 Å². The van der Waals surface area contributed by atoms with Gasteiger partial charge in [-0.25, -0.2) is 4.99 Å². The number of aliphatic imine (C=N–C) groups is 1. The van der Waals surface area contributed by atoms with E-state index in [1.807, 2.05) is 6.07 Å². The molecule has 25 heavy (non-hydrogen) atoms. The zero-order valence-electron chi connectivity index (χ0n) is 13.3. The van der Waals surface area contributed by atoms with Crippen LogP contribution in [0.5, 0.6) is 0 Å². The molecule has 0 unspecified atom stereocenters. The Bertz CT molecular complexity index is 940. The van der Waals surface area contributed by atoms with Crippen molar-refractivity contribution in [1.82, 2.24) is 4.90 Å². The summed E-state index contributed by atoms with van der Waals surface area (Å²) in [5.41, 5.74) is 8.37. The fourth-order valence-corrected chi connectivity index (χ4v) is 3.07. The molecule has 7 nitrogen and oxygen atoms in total. The molecule has 0 saturated heterocycles. The van der Waals surface area contributed by atoms with Gasteiger partial charge in [0, 0.05) is 24.2 Å². The monoisotopic (exact) mass is 359 g/mol. The molecule has 1 heterocycles. The first kappa shape index (κ1) is 17.1. The highest BCUT2D eigenvalue weighted by atomic mass is 32.2. The van der Waals surface area contributed by atoms with Crippen LogP contribution < -0.4 is 5.73 Å². The Balaban J connectivity index is 1.85. The molecule has 0 bridgehead atoms. The van der Waals surface area contributed by atoms with Crippen molar-refractivity contribution in [2.45, 2.75) is 6.54 Å². The van der Waals surface area contributed by atoms with E-state index in [1.165, 1.54) is 0 Å². The maximum atomic E-state index is 12.5. The summed E-state index contributed by atoms with van der Waals surface area (Å²) in [7, 11) is -4.09. The molecule has 130 valence electrons. The minimum Gasteiger partial charge on any atom is -0.369 e. The molecule has 3 N–H and O–H groups in total. The van der Waals surface area contributed by atoms with Crippen LogP contribution in [0.3, 0.4) is 0 Å². The van der Waals surface area contributed by atoms with Gasteiger partial charge in [-0.3, -0.25) is 9.35 Å². The van der Waals surface area contributed by atoms with E-state index in [4.69, 9.17) is 10.3 Å². The summed E-state index contributed by atoms with van der Waals surface area (Å²) in [6.07, 6.45) is 0. The van der Waals surface area contributed by atoms with Crippen LogP contribution in [0.15, 0.2) is 53.5 Å². The summed E-state index contributed by atoms with van der Waals surface area (Å²) in [4.78, 5) is 18.3. The van der Waals surface area contributed by atoms with Crippen LogP contribution in [-0.2, 0) is 16.7 Å². The highest BCUT2D eigenvalue weighted by molar-refractivity contribution is 7.85. The van der Waals surface area contributed by atoms with Crippen LogP contribution >= 0.6 is 0 Å². The Morgan fingerprint density at radius 3 is 2.56 bits per heavy atom. The van der Waals surface area contributed by atoms with Crippen LogP contribution in [0, 0.1) is 0 Å². The van der Waals surface area contributed by atoms with Gasteiger partial charge in [0.25, 0.3) is 10.1 Å². The zero-order valence-corrected chi connectivity index (χ0v) is 14.1. The lowest BCUT2D eigenvalue weighted by molar-refractivity contribution is 0.103. The predicted molar refractivity (Wildman–Crippen MR) is 94.4 cm³/mol. The third-order valence-electron chi connectivity index (χ3n) is 3.92. The standard InChI is InChI=1S/C17H17N3O4S/c18-17-19-15-7-6-13(16(21)12-4-2-1-3-5-12)10-14(15)11-20(17)8-9-25(22,23)24/h1-7,10H,8-9,11H2,(H2,18,19)(H,22,23,24). The van der Waals surface area contributed by atoms with Crippen molar-refractivity contribution in [3.63, 3.8) is 0 Å². The molecule has 0 aromatic heterocycles. The molecule has 0 spiro atoms. The number of carbonyl (C=O) groups is 1. The van der Waals surface area contributed by atoms with Gasteiger partial charge < -0.3 is 10.6 Å². The van der Waals surface area contributed by atoms with Crippen molar-refractivity contribution >= 4 is 27.5 Å². The number of hydrogen-bond donors (Lipinski definition) is 2. The van der Waals surface area contributed by atoms with Gasteiger partial charge in [0.05, 0.1) is 11.4 Å². The number of benzene rings is 2. The first-order valence-corrected chi connectivity index (χ1v) is 9.21. The van der Waals surface area contributed by atoms with Crippen molar-refractivity contribution < 1.29 is 17.8 Å². The Kier molecular flexibility index (Phi) is 4.56. The van der Waals surface area contributed by atoms with Crippen LogP contribution in [0.25, 0.3) is 0 Å². The van der Waals surface area contributed by atoms with E-state index in [-0.39, 0.29) is 18.3 Å². The van der Waals surface area contributed by atoms with E-state index in [9.17, 15) is 13.2 Å². The second-order valence-corrected chi connectivity index (χ2v) is 7.29. The predicted octanol–water partition coefficient (Wildman–Crippen LogP) is 1.57. The number of carbonyl (C=O) groups excluding carboxylic acids is 1. The van der Waals surface area contributed by atoms with Gasteiger partial charge in [0.15, 0.2) is 11.7 Å². The van der Waals surface area contributed by atoms with Gasteiger partial charge in [-0.1, -0.05) is 30.3 Å². The second-order valence-electron chi connectivity index (χ2n) is 5.72. The van der Waals surface area contributed by atoms with Crippen LogP contribution in [-0.4, -0.2) is 41.9 Å². The van der Waals surface area contributed by atoms with Crippen molar-refractivity contribution in [2.24, 2.45) is 10.7 Å². The Morgan fingerprint density at radius 2 is 1.88 bits per heavy atom. The normalized spacial score (nSPS) is 14.0. The summed E-state index contributed by atoms with van der Waals surface area (Å²) in [6, 6.07) is 14.1. The molecule has 8 heteroatoms. The number of rotatable bonds is 5.